The zero-order valence-corrected chi connectivity index (χ0v) is 16.6. The van der Waals surface area contributed by atoms with E-state index in [0.717, 1.165) is 53.6 Å². The van der Waals surface area contributed by atoms with Gasteiger partial charge in [0.2, 0.25) is 0 Å². The molecule has 5 rings (SSSR count). The summed E-state index contributed by atoms with van der Waals surface area (Å²) in [4.78, 5) is 17.7. The second-order valence-corrected chi connectivity index (χ2v) is 8.14. The summed E-state index contributed by atoms with van der Waals surface area (Å²) in [7, 11) is 0. The predicted molar refractivity (Wildman–Crippen MR) is 113 cm³/mol. The second-order valence-electron chi connectivity index (χ2n) is 8.14. The molecule has 5 nitrogen and oxygen atoms in total. The van der Waals surface area contributed by atoms with E-state index in [9.17, 15) is 4.79 Å². The summed E-state index contributed by atoms with van der Waals surface area (Å²) in [6, 6.07) is 16.4. The molecule has 1 aromatic heterocycles. The third kappa shape index (κ3) is 3.47. The molecule has 0 radical (unpaired) electrons. The van der Waals surface area contributed by atoms with Gasteiger partial charge in [-0.25, -0.2) is 0 Å². The van der Waals surface area contributed by atoms with Gasteiger partial charge < -0.3 is 15.4 Å². The summed E-state index contributed by atoms with van der Waals surface area (Å²) in [5.41, 5.74) is 3.43. The maximum atomic E-state index is 13.2. The first-order valence-electron chi connectivity index (χ1n) is 10.3. The zero-order valence-electron chi connectivity index (χ0n) is 16.6. The third-order valence-electron chi connectivity index (χ3n) is 6.09. The molecule has 2 aromatic carbocycles. The first-order valence-corrected chi connectivity index (χ1v) is 10.3. The summed E-state index contributed by atoms with van der Waals surface area (Å²) in [6.45, 7) is 3.66. The number of carbonyl (C=O) groups excluding carboxylic acids is 1. The van der Waals surface area contributed by atoms with Crippen molar-refractivity contribution in [3.63, 3.8) is 0 Å². The average molecular weight is 387 g/mol. The van der Waals surface area contributed by atoms with Crippen LogP contribution < -0.4 is 15.4 Å². The van der Waals surface area contributed by atoms with Gasteiger partial charge in [-0.1, -0.05) is 24.3 Å². The van der Waals surface area contributed by atoms with Crippen LogP contribution in [0.1, 0.15) is 40.7 Å². The van der Waals surface area contributed by atoms with Gasteiger partial charge in [-0.15, -0.1) is 0 Å². The van der Waals surface area contributed by atoms with Gasteiger partial charge in [0.15, 0.2) is 0 Å². The van der Waals surface area contributed by atoms with Crippen molar-refractivity contribution in [3.05, 3.63) is 71.4 Å². The Hall–Kier alpha value is -2.92. The van der Waals surface area contributed by atoms with E-state index in [2.05, 4.69) is 27.8 Å². The normalized spacial score (nSPS) is 19.4. The fourth-order valence-corrected chi connectivity index (χ4v) is 4.02. The summed E-state index contributed by atoms with van der Waals surface area (Å²) in [5, 5.41) is 7.75. The third-order valence-corrected chi connectivity index (χ3v) is 6.09. The Balaban J connectivity index is 1.38. The SMILES string of the molecule is Cc1ccc(OCC2CCN2)cc1C(=O)NC1(c2cccc3ncccc23)CC1. The standard InChI is InChI=1S/C24H25N3O2/c1-16-7-8-18(29-15-17-9-13-25-17)14-20(16)23(28)27-24(10-11-24)21-5-2-6-22-19(21)4-3-12-26-22/h2-8,12,14,17,25H,9-11,13,15H2,1H3,(H,27,28). The predicted octanol–water partition coefficient (Wildman–Crippen LogP) is 3.70. The highest BCUT2D eigenvalue weighted by Crippen LogP contribution is 2.48. The summed E-state index contributed by atoms with van der Waals surface area (Å²) in [6.07, 6.45) is 4.82. The van der Waals surface area contributed by atoms with E-state index >= 15 is 0 Å². The molecule has 1 unspecified atom stereocenters. The molecule has 0 spiro atoms. The molecule has 1 saturated carbocycles. The quantitative estimate of drug-likeness (QED) is 0.677. The molecule has 2 heterocycles. The van der Waals surface area contributed by atoms with Gasteiger partial charge >= 0.3 is 0 Å². The maximum absolute atomic E-state index is 13.2. The molecule has 1 aliphatic carbocycles. The number of nitrogens with zero attached hydrogens (tertiary/aromatic N) is 1. The molecule has 0 bridgehead atoms. The monoisotopic (exact) mass is 387 g/mol. The van der Waals surface area contributed by atoms with Crippen LogP contribution in [-0.4, -0.2) is 30.1 Å². The van der Waals surface area contributed by atoms with Crippen molar-refractivity contribution in [2.24, 2.45) is 0 Å². The van der Waals surface area contributed by atoms with E-state index in [1.807, 2.05) is 43.3 Å². The smallest absolute Gasteiger partial charge is 0.252 e. The topological polar surface area (TPSA) is 63.2 Å². The maximum Gasteiger partial charge on any atom is 0.252 e. The van der Waals surface area contributed by atoms with Gasteiger partial charge in [-0.05, 0) is 68.1 Å². The molecule has 1 saturated heterocycles. The van der Waals surface area contributed by atoms with Crippen LogP contribution in [0.3, 0.4) is 0 Å². The Kier molecular flexibility index (Phi) is 4.47. The molecule has 1 atom stereocenters. The number of nitrogens with one attached hydrogen (secondary N) is 2. The van der Waals surface area contributed by atoms with Crippen molar-refractivity contribution in [1.82, 2.24) is 15.6 Å². The largest absolute Gasteiger partial charge is 0.492 e. The molecule has 2 aliphatic rings. The highest BCUT2D eigenvalue weighted by atomic mass is 16.5. The lowest BCUT2D eigenvalue weighted by atomic mass is 9.98. The molecule has 1 aliphatic heterocycles. The van der Waals surface area contributed by atoms with Crippen LogP contribution in [0.5, 0.6) is 5.75 Å². The lowest BCUT2D eigenvalue weighted by Crippen LogP contribution is -2.46. The minimum atomic E-state index is -0.307. The number of fused-ring (bicyclic) bond motifs is 1. The van der Waals surface area contributed by atoms with Gasteiger partial charge in [0, 0.05) is 23.2 Å². The van der Waals surface area contributed by atoms with E-state index in [1.165, 1.54) is 0 Å². The number of carbonyl (C=O) groups is 1. The number of hydrogen-bond acceptors (Lipinski definition) is 4. The van der Waals surface area contributed by atoms with Crippen LogP contribution in [0.4, 0.5) is 0 Å². The highest BCUT2D eigenvalue weighted by molar-refractivity contribution is 5.97. The van der Waals surface area contributed by atoms with Gasteiger partial charge in [0.05, 0.1) is 11.1 Å². The number of ether oxygens (including phenoxy) is 1. The van der Waals surface area contributed by atoms with Crippen LogP contribution in [0, 0.1) is 6.92 Å². The van der Waals surface area contributed by atoms with Crippen LogP contribution in [0.25, 0.3) is 10.9 Å². The highest BCUT2D eigenvalue weighted by Gasteiger charge is 2.46. The zero-order chi connectivity index (χ0) is 19.8. The number of aromatic nitrogens is 1. The van der Waals surface area contributed by atoms with E-state index < -0.39 is 0 Å². The number of aryl methyl sites for hydroxylation is 1. The second kappa shape index (κ2) is 7.16. The van der Waals surface area contributed by atoms with E-state index in [-0.39, 0.29) is 11.4 Å². The lowest BCUT2D eigenvalue weighted by Gasteiger charge is -2.27. The van der Waals surface area contributed by atoms with Gasteiger partial charge in [0.25, 0.3) is 5.91 Å². The van der Waals surface area contributed by atoms with Crippen LogP contribution >= 0.6 is 0 Å². The lowest BCUT2D eigenvalue weighted by molar-refractivity contribution is 0.0930. The van der Waals surface area contributed by atoms with Crippen LogP contribution in [-0.2, 0) is 5.54 Å². The van der Waals surface area contributed by atoms with Crippen molar-refractivity contribution in [2.45, 2.75) is 37.8 Å². The van der Waals surface area contributed by atoms with Crippen LogP contribution in [0.2, 0.25) is 0 Å². The van der Waals surface area contributed by atoms with Crippen molar-refractivity contribution < 1.29 is 9.53 Å². The summed E-state index contributed by atoms with van der Waals surface area (Å²) in [5.74, 6) is 0.696. The van der Waals surface area contributed by atoms with Gasteiger partial charge in [-0.3, -0.25) is 9.78 Å². The molecular weight excluding hydrogens is 362 g/mol. The van der Waals surface area contributed by atoms with Crippen molar-refractivity contribution in [2.75, 3.05) is 13.2 Å². The molecule has 2 fully saturated rings. The number of benzene rings is 2. The Morgan fingerprint density at radius 1 is 1.24 bits per heavy atom. The van der Waals surface area contributed by atoms with E-state index in [4.69, 9.17) is 4.74 Å². The summed E-state index contributed by atoms with van der Waals surface area (Å²) >= 11 is 0. The molecule has 1 amide bonds. The van der Waals surface area contributed by atoms with Crippen LogP contribution in [0.15, 0.2) is 54.7 Å². The van der Waals surface area contributed by atoms with Crippen molar-refractivity contribution in [3.8, 4) is 5.75 Å². The molecular formula is C24H25N3O2. The number of pyridine rings is 1. The first-order chi connectivity index (χ1) is 14.1. The Morgan fingerprint density at radius 3 is 2.86 bits per heavy atom. The van der Waals surface area contributed by atoms with E-state index in [0.29, 0.717) is 18.2 Å². The molecule has 2 N–H and O–H groups in total. The first kappa shape index (κ1) is 18.1. The molecule has 3 aromatic rings. The Labute approximate surface area is 170 Å². The molecule has 148 valence electrons. The molecule has 29 heavy (non-hydrogen) atoms. The number of amides is 1. The number of hydrogen-bond donors (Lipinski definition) is 2. The Morgan fingerprint density at radius 2 is 2.10 bits per heavy atom. The van der Waals surface area contributed by atoms with Crippen molar-refractivity contribution >= 4 is 16.8 Å². The Bertz CT molecular complexity index is 1070. The van der Waals surface area contributed by atoms with Crippen molar-refractivity contribution in [1.29, 1.82) is 0 Å². The summed E-state index contributed by atoms with van der Waals surface area (Å²) < 4.78 is 5.89. The number of rotatable bonds is 6. The van der Waals surface area contributed by atoms with E-state index in [1.54, 1.807) is 6.20 Å². The van der Waals surface area contributed by atoms with Gasteiger partial charge in [0.1, 0.15) is 12.4 Å². The fraction of sp³-hybridized carbons (Fsp3) is 0.333. The fourth-order valence-electron chi connectivity index (χ4n) is 4.02. The minimum Gasteiger partial charge on any atom is -0.492 e. The average Bonchev–Trinajstić information content (AvgIpc) is 3.48. The van der Waals surface area contributed by atoms with Gasteiger partial charge in [-0.2, -0.15) is 0 Å². The minimum absolute atomic E-state index is 0.0480. The molecule has 5 heteroatoms.